The Morgan fingerprint density at radius 3 is 2.20 bits per heavy atom. The van der Waals surface area contributed by atoms with Gasteiger partial charge in [-0.25, -0.2) is 0 Å². The maximum atomic E-state index is 5.98. The van der Waals surface area contributed by atoms with Crippen LogP contribution in [0.3, 0.4) is 0 Å². The molecule has 0 saturated carbocycles. The van der Waals surface area contributed by atoms with E-state index in [9.17, 15) is 0 Å². The summed E-state index contributed by atoms with van der Waals surface area (Å²) in [5.74, 6) is 2.01. The van der Waals surface area contributed by atoms with Gasteiger partial charge in [0.25, 0.3) is 0 Å². The third kappa shape index (κ3) is 7.58. The molecule has 0 radical (unpaired) electrons. The SMILES string of the molecule is C=C(C)/C=C\C(=C)Oc1cccc(OC(C)c2ccccc2)c1.CC. The van der Waals surface area contributed by atoms with Gasteiger partial charge in [-0.3, -0.25) is 0 Å². The molecule has 132 valence electrons. The van der Waals surface area contributed by atoms with Gasteiger partial charge in [-0.15, -0.1) is 0 Å². The zero-order chi connectivity index (χ0) is 18.7. The van der Waals surface area contributed by atoms with Crippen LogP contribution in [0.15, 0.2) is 91.2 Å². The van der Waals surface area contributed by atoms with Gasteiger partial charge in [0.15, 0.2) is 0 Å². The van der Waals surface area contributed by atoms with Gasteiger partial charge in [0.05, 0.1) is 0 Å². The van der Waals surface area contributed by atoms with Crippen molar-refractivity contribution in [3.63, 3.8) is 0 Å². The van der Waals surface area contributed by atoms with Gasteiger partial charge in [0.2, 0.25) is 0 Å². The fourth-order valence-electron chi connectivity index (χ4n) is 2.03. The van der Waals surface area contributed by atoms with Crippen molar-refractivity contribution in [3.05, 3.63) is 96.8 Å². The van der Waals surface area contributed by atoms with Crippen molar-refractivity contribution in [2.24, 2.45) is 0 Å². The van der Waals surface area contributed by atoms with Crippen molar-refractivity contribution in [2.45, 2.75) is 33.8 Å². The molecule has 0 aliphatic rings. The van der Waals surface area contributed by atoms with Crippen LogP contribution in [-0.2, 0) is 0 Å². The summed E-state index contributed by atoms with van der Waals surface area (Å²) in [6.45, 7) is 15.6. The maximum absolute atomic E-state index is 5.98. The topological polar surface area (TPSA) is 18.5 Å². The minimum atomic E-state index is -0.0297. The normalized spacial score (nSPS) is 11.2. The number of ether oxygens (including phenoxy) is 2. The predicted molar refractivity (Wildman–Crippen MR) is 107 cm³/mol. The summed E-state index contributed by atoms with van der Waals surface area (Å²) in [7, 11) is 0. The highest BCUT2D eigenvalue weighted by atomic mass is 16.5. The smallest absolute Gasteiger partial charge is 0.131 e. The summed E-state index contributed by atoms with van der Waals surface area (Å²) in [6.07, 6.45) is 3.63. The highest BCUT2D eigenvalue weighted by Gasteiger charge is 2.07. The van der Waals surface area contributed by atoms with Crippen LogP contribution < -0.4 is 9.47 Å². The second kappa shape index (κ2) is 10.9. The number of rotatable bonds is 7. The number of benzene rings is 2. The van der Waals surface area contributed by atoms with E-state index in [1.54, 1.807) is 6.08 Å². The molecule has 2 aromatic carbocycles. The Balaban J connectivity index is 0.00000151. The van der Waals surface area contributed by atoms with Gasteiger partial charge in [-0.1, -0.05) is 75.1 Å². The van der Waals surface area contributed by atoms with Crippen molar-refractivity contribution < 1.29 is 9.47 Å². The second-order valence-corrected chi connectivity index (χ2v) is 5.39. The molecule has 0 N–H and O–H groups in total. The predicted octanol–water partition coefficient (Wildman–Crippen LogP) is 6.88. The molecule has 0 bridgehead atoms. The Labute approximate surface area is 152 Å². The van der Waals surface area contributed by atoms with E-state index in [-0.39, 0.29) is 6.10 Å². The first-order valence-corrected chi connectivity index (χ1v) is 8.56. The molecule has 2 aromatic rings. The molecule has 1 atom stereocenters. The van der Waals surface area contributed by atoms with Crippen LogP contribution in [-0.4, -0.2) is 0 Å². The van der Waals surface area contributed by atoms with Gasteiger partial charge in [-0.2, -0.15) is 0 Å². The summed E-state index contributed by atoms with van der Waals surface area (Å²) in [4.78, 5) is 0. The first-order chi connectivity index (χ1) is 12.0. The van der Waals surface area contributed by atoms with E-state index in [4.69, 9.17) is 9.47 Å². The van der Waals surface area contributed by atoms with Crippen LogP contribution in [0, 0.1) is 0 Å². The highest BCUT2D eigenvalue weighted by Crippen LogP contribution is 2.26. The van der Waals surface area contributed by atoms with E-state index < -0.39 is 0 Å². The van der Waals surface area contributed by atoms with Crippen molar-refractivity contribution >= 4 is 0 Å². The Morgan fingerprint density at radius 2 is 1.56 bits per heavy atom. The van der Waals surface area contributed by atoms with Crippen LogP contribution in [0.5, 0.6) is 11.5 Å². The van der Waals surface area contributed by atoms with E-state index in [0.717, 1.165) is 16.9 Å². The summed E-state index contributed by atoms with van der Waals surface area (Å²) in [5, 5.41) is 0. The Kier molecular flexibility index (Phi) is 8.87. The molecule has 0 saturated heterocycles. The third-order valence-electron chi connectivity index (χ3n) is 3.19. The molecule has 2 heteroatoms. The first-order valence-electron chi connectivity index (χ1n) is 8.56. The molecule has 25 heavy (non-hydrogen) atoms. The van der Waals surface area contributed by atoms with Crippen molar-refractivity contribution in [1.29, 1.82) is 0 Å². The molecule has 1 unspecified atom stereocenters. The van der Waals surface area contributed by atoms with Crippen molar-refractivity contribution in [3.8, 4) is 11.5 Å². The molecule has 0 aliphatic heterocycles. The molecule has 0 fully saturated rings. The third-order valence-corrected chi connectivity index (χ3v) is 3.19. The molecule has 0 spiro atoms. The van der Waals surface area contributed by atoms with Crippen molar-refractivity contribution in [2.75, 3.05) is 0 Å². The van der Waals surface area contributed by atoms with Crippen molar-refractivity contribution in [1.82, 2.24) is 0 Å². The zero-order valence-corrected chi connectivity index (χ0v) is 15.7. The Hall–Kier alpha value is -2.74. The maximum Gasteiger partial charge on any atom is 0.131 e. The lowest BCUT2D eigenvalue weighted by atomic mass is 10.1. The fourth-order valence-corrected chi connectivity index (χ4v) is 2.03. The van der Waals surface area contributed by atoms with Crippen LogP contribution in [0.25, 0.3) is 0 Å². The van der Waals surface area contributed by atoms with Crippen LogP contribution >= 0.6 is 0 Å². The minimum Gasteiger partial charge on any atom is -0.486 e. The molecule has 2 rings (SSSR count). The van der Waals surface area contributed by atoms with Crippen LogP contribution in [0.4, 0.5) is 0 Å². The largest absolute Gasteiger partial charge is 0.486 e. The van der Waals surface area contributed by atoms with Gasteiger partial charge in [0.1, 0.15) is 23.4 Å². The van der Waals surface area contributed by atoms with Gasteiger partial charge in [-0.05, 0) is 37.6 Å². The molecular formula is C23H28O2. The average molecular weight is 336 g/mol. The fraction of sp³-hybridized carbons (Fsp3) is 0.217. The second-order valence-electron chi connectivity index (χ2n) is 5.39. The lowest BCUT2D eigenvalue weighted by Crippen LogP contribution is -2.02. The Morgan fingerprint density at radius 1 is 0.920 bits per heavy atom. The van der Waals surface area contributed by atoms with E-state index in [2.05, 4.69) is 25.3 Å². The monoisotopic (exact) mass is 336 g/mol. The molecule has 0 amide bonds. The van der Waals surface area contributed by atoms with Gasteiger partial charge >= 0.3 is 0 Å². The lowest BCUT2D eigenvalue weighted by molar-refractivity contribution is 0.226. The highest BCUT2D eigenvalue weighted by molar-refractivity contribution is 5.35. The van der Waals surface area contributed by atoms with E-state index >= 15 is 0 Å². The van der Waals surface area contributed by atoms with E-state index in [1.165, 1.54) is 0 Å². The van der Waals surface area contributed by atoms with E-state index in [1.807, 2.05) is 76.2 Å². The molecule has 0 aromatic heterocycles. The molecular weight excluding hydrogens is 308 g/mol. The summed E-state index contributed by atoms with van der Waals surface area (Å²) >= 11 is 0. The van der Waals surface area contributed by atoms with Gasteiger partial charge in [0, 0.05) is 6.07 Å². The zero-order valence-electron chi connectivity index (χ0n) is 15.7. The minimum absolute atomic E-state index is 0.0297. The molecule has 0 aliphatic carbocycles. The lowest BCUT2D eigenvalue weighted by Gasteiger charge is -2.16. The summed E-state index contributed by atoms with van der Waals surface area (Å²) < 4.78 is 11.7. The molecule has 2 nitrogen and oxygen atoms in total. The van der Waals surface area contributed by atoms with Crippen LogP contribution in [0.2, 0.25) is 0 Å². The standard InChI is InChI=1S/C21H22O2.C2H6/c1-16(2)13-14-17(3)22-20-11-8-12-21(15-20)23-18(4)19-9-6-5-7-10-19;1-2/h5-15,18H,1,3H2,2,4H3;1-2H3/b14-13-;. The Bertz CT molecular complexity index is 699. The van der Waals surface area contributed by atoms with Gasteiger partial charge < -0.3 is 9.47 Å². The number of allylic oxidation sites excluding steroid dienone is 3. The summed E-state index contributed by atoms with van der Waals surface area (Å²) in [5.41, 5.74) is 2.08. The average Bonchev–Trinajstić information content (AvgIpc) is 2.63. The number of hydrogen-bond donors (Lipinski definition) is 0. The number of hydrogen-bond acceptors (Lipinski definition) is 2. The quantitative estimate of drug-likeness (QED) is 0.405. The summed E-state index contributed by atoms with van der Waals surface area (Å²) in [6, 6.07) is 17.7. The van der Waals surface area contributed by atoms with E-state index in [0.29, 0.717) is 11.5 Å². The van der Waals surface area contributed by atoms with Crippen LogP contribution in [0.1, 0.15) is 39.4 Å². The molecule has 0 heterocycles. The first kappa shape index (κ1) is 20.3.